The molecule has 3 N–H and O–H groups in total. The van der Waals surface area contributed by atoms with Crippen molar-refractivity contribution in [1.82, 2.24) is 4.98 Å². The Bertz CT molecular complexity index is 476. The van der Waals surface area contributed by atoms with Crippen LogP contribution < -0.4 is 11.1 Å². The Morgan fingerprint density at radius 3 is 2.56 bits per heavy atom. The number of pyridine rings is 1. The second-order valence-corrected chi connectivity index (χ2v) is 6.00. The molecule has 0 aliphatic heterocycles. The molecule has 2 rings (SSSR count). The molecular weight excluding hydrogens is 242 g/mol. The second kappa shape index (κ2) is 4.84. The van der Waals surface area contributed by atoms with Crippen molar-refractivity contribution < 1.29 is 0 Å². The fourth-order valence-electron chi connectivity index (χ4n) is 2.80. The molecule has 0 amide bonds. The van der Waals surface area contributed by atoms with Crippen molar-refractivity contribution in [2.75, 3.05) is 5.32 Å². The molecule has 1 aromatic rings. The summed E-state index contributed by atoms with van der Waals surface area (Å²) in [6, 6.07) is 2.02. The van der Waals surface area contributed by atoms with E-state index in [1.807, 2.05) is 19.9 Å². The molecule has 0 aromatic carbocycles. The van der Waals surface area contributed by atoms with Crippen LogP contribution in [0.3, 0.4) is 0 Å². The number of aromatic nitrogens is 1. The van der Waals surface area contributed by atoms with E-state index in [1.165, 1.54) is 25.7 Å². The van der Waals surface area contributed by atoms with Gasteiger partial charge in [-0.3, -0.25) is 0 Å². The Kier molecular flexibility index (Phi) is 3.57. The van der Waals surface area contributed by atoms with E-state index in [2.05, 4.69) is 17.2 Å². The van der Waals surface area contributed by atoms with Gasteiger partial charge in [-0.1, -0.05) is 25.1 Å². The predicted molar refractivity (Wildman–Crippen MR) is 80.1 cm³/mol. The minimum absolute atomic E-state index is 0.132. The third kappa shape index (κ3) is 2.64. The maximum atomic E-state index is 5.83. The Labute approximate surface area is 114 Å². The number of aryl methyl sites for hydroxylation is 2. The summed E-state index contributed by atoms with van der Waals surface area (Å²) in [6.07, 6.45) is 4.91. The van der Waals surface area contributed by atoms with Crippen LogP contribution in [0.25, 0.3) is 0 Å². The highest BCUT2D eigenvalue weighted by Gasteiger charge is 2.30. The van der Waals surface area contributed by atoms with Crippen molar-refractivity contribution in [2.24, 2.45) is 5.73 Å². The summed E-state index contributed by atoms with van der Waals surface area (Å²) < 4.78 is 0. The number of nitrogens with zero attached hydrogens (tertiary/aromatic N) is 1. The van der Waals surface area contributed by atoms with E-state index in [4.69, 9.17) is 18.0 Å². The molecule has 98 valence electrons. The molecule has 1 aromatic heterocycles. The maximum absolute atomic E-state index is 5.83. The molecule has 0 radical (unpaired) electrons. The smallest absolute Gasteiger partial charge is 0.137 e. The van der Waals surface area contributed by atoms with Crippen molar-refractivity contribution in [3.8, 4) is 0 Å². The fraction of sp³-hybridized carbons (Fsp3) is 0.571. The van der Waals surface area contributed by atoms with E-state index in [0.29, 0.717) is 4.99 Å². The maximum Gasteiger partial charge on any atom is 0.137 e. The Morgan fingerprint density at radius 1 is 1.39 bits per heavy atom. The summed E-state index contributed by atoms with van der Waals surface area (Å²) in [6.45, 7) is 6.28. The Morgan fingerprint density at radius 2 is 2.00 bits per heavy atom. The van der Waals surface area contributed by atoms with Gasteiger partial charge >= 0.3 is 0 Å². The Balaban J connectivity index is 2.39. The molecule has 0 bridgehead atoms. The lowest BCUT2D eigenvalue weighted by molar-refractivity contribution is 0.530. The standard InChI is InChI=1S/C14H21N3S/c1-9-8-10(2)16-13(11(9)12(15)18)17-14(3)6-4-5-7-14/h8H,4-7H2,1-3H3,(H2,15,18)(H,16,17). The Hall–Kier alpha value is -1.16. The van der Waals surface area contributed by atoms with Crippen LogP contribution in [0.2, 0.25) is 0 Å². The third-order valence-electron chi connectivity index (χ3n) is 3.72. The van der Waals surface area contributed by atoms with E-state index < -0.39 is 0 Å². The largest absolute Gasteiger partial charge is 0.389 e. The molecule has 0 unspecified atom stereocenters. The molecule has 0 saturated heterocycles. The quantitative estimate of drug-likeness (QED) is 0.823. The third-order valence-corrected chi connectivity index (χ3v) is 3.92. The van der Waals surface area contributed by atoms with Crippen LogP contribution in [0.4, 0.5) is 5.82 Å². The summed E-state index contributed by atoms with van der Waals surface area (Å²) in [5.74, 6) is 0.851. The lowest BCUT2D eigenvalue weighted by Gasteiger charge is -2.28. The van der Waals surface area contributed by atoms with Gasteiger partial charge < -0.3 is 11.1 Å². The van der Waals surface area contributed by atoms with E-state index in [-0.39, 0.29) is 5.54 Å². The minimum Gasteiger partial charge on any atom is -0.389 e. The van der Waals surface area contributed by atoms with Crippen LogP contribution in [0, 0.1) is 13.8 Å². The first-order valence-corrected chi connectivity index (χ1v) is 6.88. The normalized spacial score (nSPS) is 17.7. The van der Waals surface area contributed by atoms with E-state index >= 15 is 0 Å². The van der Waals surface area contributed by atoms with Gasteiger partial charge in [0.2, 0.25) is 0 Å². The van der Waals surface area contributed by atoms with Gasteiger partial charge in [0, 0.05) is 11.2 Å². The van der Waals surface area contributed by atoms with Gasteiger partial charge in [0.15, 0.2) is 0 Å². The van der Waals surface area contributed by atoms with Gasteiger partial charge in [-0.15, -0.1) is 0 Å². The first kappa shape index (κ1) is 13.3. The average molecular weight is 263 g/mol. The SMILES string of the molecule is Cc1cc(C)c(C(N)=S)c(NC2(C)CCCC2)n1. The summed E-state index contributed by atoms with van der Waals surface area (Å²) in [4.78, 5) is 5.01. The van der Waals surface area contributed by atoms with E-state index in [1.54, 1.807) is 0 Å². The number of nitrogens with one attached hydrogen (secondary N) is 1. The van der Waals surface area contributed by atoms with Gasteiger partial charge in [-0.2, -0.15) is 0 Å². The molecule has 1 heterocycles. The molecule has 4 heteroatoms. The highest BCUT2D eigenvalue weighted by atomic mass is 32.1. The minimum atomic E-state index is 0.132. The number of thiocarbonyl (C=S) groups is 1. The molecule has 1 fully saturated rings. The first-order chi connectivity index (χ1) is 8.41. The zero-order chi connectivity index (χ0) is 13.3. The monoisotopic (exact) mass is 263 g/mol. The molecule has 1 aliphatic carbocycles. The molecule has 0 atom stereocenters. The molecule has 1 saturated carbocycles. The number of nitrogens with two attached hydrogens (primary N) is 1. The summed E-state index contributed by atoms with van der Waals surface area (Å²) in [5.41, 5.74) is 8.95. The van der Waals surface area contributed by atoms with Crippen molar-refractivity contribution >= 4 is 23.0 Å². The van der Waals surface area contributed by atoms with Crippen LogP contribution in [0.15, 0.2) is 6.07 Å². The zero-order valence-corrected chi connectivity index (χ0v) is 12.2. The van der Waals surface area contributed by atoms with Gasteiger partial charge in [0.05, 0.1) is 5.56 Å². The summed E-state index contributed by atoms with van der Waals surface area (Å²) in [7, 11) is 0. The van der Waals surface area contributed by atoms with E-state index in [0.717, 1.165) is 22.6 Å². The molecule has 18 heavy (non-hydrogen) atoms. The summed E-state index contributed by atoms with van der Waals surface area (Å²) >= 11 is 5.16. The highest BCUT2D eigenvalue weighted by Crippen LogP contribution is 2.33. The number of hydrogen-bond acceptors (Lipinski definition) is 3. The lowest BCUT2D eigenvalue weighted by Crippen LogP contribution is -2.33. The van der Waals surface area contributed by atoms with Crippen molar-refractivity contribution in [3.63, 3.8) is 0 Å². The highest BCUT2D eigenvalue weighted by molar-refractivity contribution is 7.80. The van der Waals surface area contributed by atoms with Crippen molar-refractivity contribution in [3.05, 3.63) is 22.9 Å². The van der Waals surface area contributed by atoms with Crippen LogP contribution in [0.1, 0.15) is 49.4 Å². The predicted octanol–water partition coefficient (Wildman–Crippen LogP) is 3.08. The zero-order valence-electron chi connectivity index (χ0n) is 11.3. The fourth-order valence-corrected chi connectivity index (χ4v) is 3.06. The average Bonchev–Trinajstić information content (AvgIpc) is 2.62. The van der Waals surface area contributed by atoms with Crippen molar-refractivity contribution in [2.45, 2.75) is 52.0 Å². The van der Waals surface area contributed by atoms with Crippen molar-refractivity contribution in [1.29, 1.82) is 0 Å². The van der Waals surface area contributed by atoms with Gasteiger partial charge in [-0.05, 0) is 45.2 Å². The lowest BCUT2D eigenvalue weighted by atomic mass is 9.99. The topological polar surface area (TPSA) is 50.9 Å². The van der Waals surface area contributed by atoms with Gasteiger partial charge in [0.25, 0.3) is 0 Å². The second-order valence-electron chi connectivity index (χ2n) is 5.56. The van der Waals surface area contributed by atoms with Gasteiger partial charge in [0.1, 0.15) is 10.8 Å². The first-order valence-electron chi connectivity index (χ1n) is 6.47. The van der Waals surface area contributed by atoms with Crippen LogP contribution >= 0.6 is 12.2 Å². The molecule has 0 spiro atoms. The van der Waals surface area contributed by atoms with Crippen LogP contribution in [-0.4, -0.2) is 15.5 Å². The van der Waals surface area contributed by atoms with Crippen LogP contribution in [0.5, 0.6) is 0 Å². The van der Waals surface area contributed by atoms with Crippen LogP contribution in [-0.2, 0) is 0 Å². The van der Waals surface area contributed by atoms with E-state index in [9.17, 15) is 0 Å². The van der Waals surface area contributed by atoms with Gasteiger partial charge in [-0.25, -0.2) is 4.98 Å². The molecular formula is C14H21N3S. The number of hydrogen-bond donors (Lipinski definition) is 2. The molecule has 1 aliphatic rings. The molecule has 3 nitrogen and oxygen atoms in total. The number of anilines is 1. The summed E-state index contributed by atoms with van der Waals surface area (Å²) in [5, 5.41) is 3.57. The number of rotatable bonds is 3.